The van der Waals surface area contributed by atoms with E-state index in [4.69, 9.17) is 24.3 Å². The van der Waals surface area contributed by atoms with Crippen LogP contribution in [0, 0.1) is 0 Å². The third-order valence-corrected chi connectivity index (χ3v) is 8.99. The minimum atomic E-state index is -4.32. The average Bonchev–Trinajstić information content (AvgIpc) is 3.11. The Morgan fingerprint density at radius 3 is 1.90 bits per heavy atom. The molecule has 0 heterocycles. The Labute approximate surface area is 310 Å². The summed E-state index contributed by atoms with van der Waals surface area (Å²) < 4.78 is 32.9. The molecule has 0 amide bonds. The predicted octanol–water partition coefficient (Wildman–Crippen LogP) is 10.9. The monoisotopic (exact) mass is 737 g/mol. The van der Waals surface area contributed by atoms with Gasteiger partial charge >= 0.3 is 13.8 Å². The molecule has 0 saturated heterocycles. The Balaban J connectivity index is 4.35. The number of allylic oxidation sites excluding steroid dienone is 9. The van der Waals surface area contributed by atoms with E-state index in [9.17, 15) is 19.0 Å². The van der Waals surface area contributed by atoms with Crippen molar-refractivity contribution in [2.45, 2.75) is 161 Å². The summed E-state index contributed by atoms with van der Waals surface area (Å²) in [4.78, 5) is 34.3. The number of ether oxygens (including phenoxy) is 2. The fraction of sp³-hybridized carbons (Fsp3) is 0.707. The lowest BCUT2D eigenvalue weighted by Crippen LogP contribution is -2.25. The standard InChI is InChI=1S/C41H72NO8P/c1-3-5-7-9-11-13-15-17-19-21-23-25-27-29-35-47-40(38-50-51(45,46)49-36-34-42)37-48-41(44)33-30-32-39(43)31-28-26-24-22-20-18-16-14-12-10-8-6-4-2/h12,14,18,20,24,26,28-29,31,35,40H,3-11,13,15-17,19,21-23,25,27,30,32-34,36-38,42H2,1-2H3,(H,45,46)/b14-12-,20-18-,26-24-,31-28+,35-29+/t40-/m1/s1. The molecule has 0 aromatic carbocycles. The second-order valence-electron chi connectivity index (χ2n) is 12.9. The SMILES string of the molecule is CCCCC/C=C\C/C=C\C/C=C\C=C\C(=O)CCCC(=O)OC[C@H](COP(=O)(O)OCCN)O/C=C/CCCCCCCCCCCCCC. The quantitative estimate of drug-likeness (QED) is 0.0121. The maximum absolute atomic E-state index is 12.3. The number of hydrogen-bond donors (Lipinski definition) is 2. The Kier molecular flexibility index (Phi) is 35.8. The van der Waals surface area contributed by atoms with Crippen LogP contribution in [0.3, 0.4) is 0 Å². The summed E-state index contributed by atoms with van der Waals surface area (Å²) in [7, 11) is -4.32. The second-order valence-corrected chi connectivity index (χ2v) is 14.3. The van der Waals surface area contributed by atoms with Crippen LogP contribution in [0.25, 0.3) is 0 Å². The first-order valence-electron chi connectivity index (χ1n) is 19.8. The third-order valence-electron chi connectivity index (χ3n) is 8.00. The van der Waals surface area contributed by atoms with Crippen molar-refractivity contribution in [2.75, 3.05) is 26.4 Å². The van der Waals surface area contributed by atoms with Gasteiger partial charge in [-0.05, 0) is 57.1 Å². The molecule has 0 aliphatic carbocycles. The smallest absolute Gasteiger partial charge is 0.472 e. The van der Waals surface area contributed by atoms with Crippen molar-refractivity contribution in [1.29, 1.82) is 0 Å². The predicted molar refractivity (Wildman–Crippen MR) is 210 cm³/mol. The van der Waals surface area contributed by atoms with Crippen molar-refractivity contribution in [3.63, 3.8) is 0 Å². The lowest BCUT2D eigenvalue weighted by molar-refractivity contribution is -0.147. The van der Waals surface area contributed by atoms with Gasteiger partial charge in [0.15, 0.2) is 11.9 Å². The van der Waals surface area contributed by atoms with E-state index in [1.54, 1.807) is 6.08 Å². The summed E-state index contributed by atoms with van der Waals surface area (Å²) in [6, 6.07) is 0. The minimum absolute atomic E-state index is 0.0632. The van der Waals surface area contributed by atoms with E-state index in [1.807, 2.05) is 18.2 Å². The molecule has 9 nitrogen and oxygen atoms in total. The fourth-order valence-corrected chi connectivity index (χ4v) is 5.76. The maximum atomic E-state index is 12.3. The highest BCUT2D eigenvalue weighted by Gasteiger charge is 2.24. The first-order valence-corrected chi connectivity index (χ1v) is 21.3. The lowest BCUT2D eigenvalue weighted by Gasteiger charge is -2.19. The first-order chi connectivity index (χ1) is 24.8. The number of nitrogens with two attached hydrogens (primary N) is 1. The molecule has 0 radical (unpaired) electrons. The van der Waals surface area contributed by atoms with Gasteiger partial charge in [-0.25, -0.2) is 4.57 Å². The van der Waals surface area contributed by atoms with Gasteiger partial charge in [0.2, 0.25) is 0 Å². The molecule has 10 heteroatoms. The van der Waals surface area contributed by atoms with E-state index >= 15 is 0 Å². The Morgan fingerprint density at radius 2 is 1.24 bits per heavy atom. The van der Waals surface area contributed by atoms with Gasteiger partial charge in [-0.3, -0.25) is 18.6 Å². The normalized spacial score (nSPS) is 14.0. The highest BCUT2D eigenvalue weighted by Crippen LogP contribution is 2.43. The summed E-state index contributed by atoms with van der Waals surface area (Å²) in [6.45, 7) is 3.89. The number of hydrogen-bond acceptors (Lipinski definition) is 8. The van der Waals surface area contributed by atoms with Crippen LogP contribution in [0.15, 0.2) is 60.9 Å². The van der Waals surface area contributed by atoms with Gasteiger partial charge in [0.05, 0.1) is 19.5 Å². The van der Waals surface area contributed by atoms with Crippen LogP contribution in [-0.4, -0.2) is 49.1 Å². The largest absolute Gasteiger partial charge is 0.492 e. The van der Waals surface area contributed by atoms with Gasteiger partial charge in [0.1, 0.15) is 6.61 Å². The molecule has 2 atom stereocenters. The van der Waals surface area contributed by atoms with Crippen molar-refractivity contribution in [3.8, 4) is 0 Å². The van der Waals surface area contributed by atoms with Crippen molar-refractivity contribution in [3.05, 3.63) is 60.9 Å². The molecule has 1 unspecified atom stereocenters. The van der Waals surface area contributed by atoms with Crippen LogP contribution in [0.1, 0.15) is 155 Å². The Bertz CT molecular complexity index is 1020. The molecular formula is C41H72NO8P. The average molecular weight is 738 g/mol. The summed E-state index contributed by atoms with van der Waals surface area (Å²) in [5, 5.41) is 0. The van der Waals surface area contributed by atoms with E-state index in [2.05, 4.69) is 38.2 Å². The van der Waals surface area contributed by atoms with Gasteiger partial charge in [-0.1, -0.05) is 140 Å². The summed E-state index contributed by atoms with van der Waals surface area (Å²) in [5.74, 6) is -0.560. The van der Waals surface area contributed by atoms with Crippen LogP contribution in [0.5, 0.6) is 0 Å². The molecule has 0 rings (SSSR count). The van der Waals surface area contributed by atoms with Crippen LogP contribution in [-0.2, 0) is 32.7 Å². The number of rotatable bonds is 37. The van der Waals surface area contributed by atoms with Gasteiger partial charge in [0.25, 0.3) is 0 Å². The van der Waals surface area contributed by atoms with E-state index in [1.165, 1.54) is 95.8 Å². The van der Waals surface area contributed by atoms with E-state index < -0.39 is 19.9 Å². The number of phosphoric acid groups is 1. The number of phosphoric ester groups is 1. The zero-order valence-corrected chi connectivity index (χ0v) is 33.0. The van der Waals surface area contributed by atoms with Crippen LogP contribution >= 0.6 is 7.82 Å². The van der Waals surface area contributed by atoms with E-state index in [0.717, 1.165) is 38.5 Å². The molecule has 51 heavy (non-hydrogen) atoms. The summed E-state index contributed by atoms with van der Waals surface area (Å²) in [6.07, 6.45) is 41.9. The minimum Gasteiger partial charge on any atom is -0.492 e. The molecule has 0 aliphatic heterocycles. The van der Waals surface area contributed by atoms with E-state index in [-0.39, 0.29) is 45.0 Å². The zero-order valence-electron chi connectivity index (χ0n) is 32.1. The molecule has 0 aromatic rings. The van der Waals surface area contributed by atoms with E-state index in [0.29, 0.717) is 6.42 Å². The maximum Gasteiger partial charge on any atom is 0.472 e. The van der Waals surface area contributed by atoms with Crippen LogP contribution in [0.2, 0.25) is 0 Å². The second kappa shape index (κ2) is 37.5. The number of ketones is 1. The number of esters is 1. The van der Waals surface area contributed by atoms with Crippen LogP contribution in [0.4, 0.5) is 0 Å². The van der Waals surface area contributed by atoms with Gasteiger partial charge < -0.3 is 20.1 Å². The topological polar surface area (TPSA) is 134 Å². The van der Waals surface area contributed by atoms with Gasteiger partial charge in [0, 0.05) is 19.4 Å². The first kappa shape index (κ1) is 48.7. The number of carbonyl (C=O) groups is 2. The molecule has 0 fully saturated rings. The molecule has 0 spiro atoms. The van der Waals surface area contributed by atoms with Crippen molar-refractivity contribution >= 4 is 19.6 Å². The molecular weight excluding hydrogens is 665 g/mol. The fourth-order valence-electron chi connectivity index (χ4n) is 4.99. The Hall–Kier alpha value is -2.29. The van der Waals surface area contributed by atoms with Crippen molar-refractivity contribution < 1.29 is 37.6 Å². The zero-order chi connectivity index (χ0) is 37.5. The molecule has 294 valence electrons. The molecule has 0 saturated carbocycles. The highest BCUT2D eigenvalue weighted by molar-refractivity contribution is 7.47. The number of unbranched alkanes of at least 4 members (excludes halogenated alkanes) is 15. The van der Waals surface area contributed by atoms with Gasteiger partial charge in [-0.2, -0.15) is 0 Å². The molecule has 3 N–H and O–H groups in total. The Morgan fingerprint density at radius 1 is 0.667 bits per heavy atom. The summed E-state index contributed by atoms with van der Waals surface area (Å²) >= 11 is 0. The van der Waals surface area contributed by atoms with Gasteiger partial charge in [-0.15, -0.1) is 0 Å². The lowest BCUT2D eigenvalue weighted by atomic mass is 10.0. The molecule has 0 aromatic heterocycles. The third kappa shape index (κ3) is 37.3. The van der Waals surface area contributed by atoms with Crippen molar-refractivity contribution in [2.24, 2.45) is 5.73 Å². The number of carbonyl (C=O) groups excluding carboxylic acids is 2. The molecule has 0 aliphatic rings. The van der Waals surface area contributed by atoms with Crippen molar-refractivity contribution in [1.82, 2.24) is 0 Å². The summed E-state index contributed by atoms with van der Waals surface area (Å²) in [5.41, 5.74) is 5.34. The molecule has 0 bridgehead atoms. The highest BCUT2D eigenvalue weighted by atomic mass is 31.2. The van der Waals surface area contributed by atoms with Crippen LogP contribution < -0.4 is 5.73 Å².